The Balaban J connectivity index is 1.54. The normalized spacial score (nSPS) is 14.8. The van der Waals surface area contributed by atoms with Crippen molar-refractivity contribution >= 4 is 17.3 Å². The van der Waals surface area contributed by atoms with E-state index in [1.54, 1.807) is 36.4 Å². The third-order valence-electron chi connectivity index (χ3n) is 4.02. The van der Waals surface area contributed by atoms with Crippen molar-refractivity contribution in [2.24, 2.45) is 10.3 Å². The van der Waals surface area contributed by atoms with E-state index in [2.05, 4.69) is 20.0 Å². The molecule has 0 spiro atoms. The summed E-state index contributed by atoms with van der Waals surface area (Å²) in [6.07, 6.45) is 0. The lowest BCUT2D eigenvalue weighted by Crippen LogP contribution is -2.43. The summed E-state index contributed by atoms with van der Waals surface area (Å²) < 4.78 is 17.6. The van der Waals surface area contributed by atoms with Gasteiger partial charge in [-0.05, 0) is 48.5 Å². The predicted molar refractivity (Wildman–Crippen MR) is 92.5 cm³/mol. The van der Waals surface area contributed by atoms with Crippen LogP contribution in [0.5, 0.6) is 0 Å². The van der Waals surface area contributed by atoms with E-state index in [0.717, 1.165) is 31.9 Å². The molecule has 1 fully saturated rings. The zero-order chi connectivity index (χ0) is 17.6. The second-order valence-corrected chi connectivity index (χ2v) is 5.65. The average molecular weight is 342 g/mol. The van der Waals surface area contributed by atoms with Crippen LogP contribution in [-0.4, -0.2) is 44.3 Å². The maximum Gasteiger partial charge on any atom is 0.337 e. The van der Waals surface area contributed by atoms with Crippen molar-refractivity contribution in [1.82, 2.24) is 5.01 Å². The number of ether oxygens (including phenoxy) is 1. The highest BCUT2D eigenvalue weighted by molar-refractivity contribution is 5.89. The van der Waals surface area contributed by atoms with E-state index in [0.29, 0.717) is 11.3 Å². The number of hydrogen-bond donors (Lipinski definition) is 0. The molecule has 0 atom stereocenters. The number of esters is 1. The first-order chi connectivity index (χ1) is 12.2. The van der Waals surface area contributed by atoms with Gasteiger partial charge < -0.3 is 9.64 Å². The van der Waals surface area contributed by atoms with E-state index >= 15 is 0 Å². The summed E-state index contributed by atoms with van der Waals surface area (Å²) in [6.45, 7) is 3.07. The number of rotatable bonds is 4. The molecule has 2 aromatic rings. The van der Waals surface area contributed by atoms with Crippen molar-refractivity contribution < 1.29 is 13.9 Å². The highest BCUT2D eigenvalue weighted by Crippen LogP contribution is 2.18. The van der Waals surface area contributed by atoms with Crippen LogP contribution in [0.1, 0.15) is 10.4 Å². The van der Waals surface area contributed by atoms with Crippen LogP contribution in [0.2, 0.25) is 0 Å². The quantitative estimate of drug-likeness (QED) is 0.631. The number of hydrogen-bond acceptors (Lipinski definition) is 5. The Morgan fingerprint density at radius 1 is 1.00 bits per heavy atom. The Hall–Kier alpha value is -2.96. The topological polar surface area (TPSA) is 57.5 Å². The Labute approximate surface area is 145 Å². The standard InChI is InChI=1S/C18H19FN4O2/c1-25-18(24)14-2-6-16(7-3-14)20-21-23-12-10-22(11-13-23)17-8-4-15(19)5-9-17/h2-9H,10-13H2,1H3. The van der Waals surface area contributed by atoms with E-state index in [-0.39, 0.29) is 11.8 Å². The molecule has 25 heavy (non-hydrogen) atoms. The number of nitrogens with zero attached hydrogens (tertiary/aromatic N) is 4. The van der Waals surface area contributed by atoms with Crippen LogP contribution < -0.4 is 4.90 Å². The third kappa shape index (κ3) is 4.32. The molecule has 7 heteroatoms. The molecule has 1 aliphatic heterocycles. The molecular formula is C18H19FN4O2. The summed E-state index contributed by atoms with van der Waals surface area (Å²) in [7, 11) is 1.35. The molecule has 0 amide bonds. The fourth-order valence-electron chi connectivity index (χ4n) is 2.59. The van der Waals surface area contributed by atoms with Gasteiger partial charge in [-0.2, -0.15) is 0 Å². The Morgan fingerprint density at radius 3 is 2.24 bits per heavy atom. The second-order valence-electron chi connectivity index (χ2n) is 5.65. The first kappa shape index (κ1) is 16.9. The van der Waals surface area contributed by atoms with Gasteiger partial charge in [-0.25, -0.2) is 9.18 Å². The molecule has 3 rings (SSSR count). The zero-order valence-corrected chi connectivity index (χ0v) is 13.9. The number of methoxy groups -OCH3 is 1. The number of piperazine rings is 1. The van der Waals surface area contributed by atoms with Gasteiger partial charge in [0.2, 0.25) is 0 Å². The second kappa shape index (κ2) is 7.74. The van der Waals surface area contributed by atoms with E-state index in [1.807, 2.05) is 5.01 Å². The molecule has 0 bridgehead atoms. The number of carbonyl (C=O) groups is 1. The molecule has 0 saturated carbocycles. The van der Waals surface area contributed by atoms with Gasteiger partial charge >= 0.3 is 5.97 Å². The molecule has 0 unspecified atom stereocenters. The van der Waals surface area contributed by atoms with Gasteiger partial charge in [-0.3, -0.25) is 5.01 Å². The molecule has 0 aromatic heterocycles. The van der Waals surface area contributed by atoms with Crippen molar-refractivity contribution in [2.45, 2.75) is 0 Å². The summed E-state index contributed by atoms with van der Waals surface area (Å²) >= 11 is 0. The van der Waals surface area contributed by atoms with Crippen molar-refractivity contribution in [1.29, 1.82) is 0 Å². The molecular weight excluding hydrogens is 323 g/mol. The van der Waals surface area contributed by atoms with E-state index in [9.17, 15) is 9.18 Å². The SMILES string of the molecule is COC(=O)c1ccc(N=NN2CCN(c3ccc(F)cc3)CC2)cc1. The molecule has 1 heterocycles. The van der Waals surface area contributed by atoms with Gasteiger partial charge in [0.25, 0.3) is 0 Å². The van der Waals surface area contributed by atoms with Crippen LogP contribution in [0.25, 0.3) is 0 Å². The monoisotopic (exact) mass is 342 g/mol. The molecule has 1 aliphatic rings. The van der Waals surface area contributed by atoms with Crippen LogP contribution >= 0.6 is 0 Å². The molecule has 6 nitrogen and oxygen atoms in total. The Bertz CT molecular complexity index is 739. The summed E-state index contributed by atoms with van der Waals surface area (Å²) in [5.41, 5.74) is 2.17. The van der Waals surface area contributed by atoms with Crippen molar-refractivity contribution in [3.63, 3.8) is 0 Å². The smallest absolute Gasteiger partial charge is 0.337 e. The number of anilines is 1. The van der Waals surface area contributed by atoms with Gasteiger partial charge in [0.1, 0.15) is 5.82 Å². The molecule has 2 aromatic carbocycles. The van der Waals surface area contributed by atoms with E-state index in [4.69, 9.17) is 0 Å². The van der Waals surface area contributed by atoms with Gasteiger partial charge in [0.05, 0.1) is 31.5 Å². The molecule has 1 saturated heterocycles. The van der Waals surface area contributed by atoms with Crippen LogP contribution in [0.15, 0.2) is 58.9 Å². The minimum atomic E-state index is -0.375. The average Bonchev–Trinajstić information content (AvgIpc) is 2.67. The van der Waals surface area contributed by atoms with E-state index in [1.165, 1.54) is 19.2 Å². The summed E-state index contributed by atoms with van der Waals surface area (Å²) in [4.78, 5) is 13.6. The first-order valence-electron chi connectivity index (χ1n) is 8.01. The summed E-state index contributed by atoms with van der Waals surface area (Å²) in [5, 5.41) is 10.3. The van der Waals surface area contributed by atoms with Crippen LogP contribution in [0.3, 0.4) is 0 Å². The highest BCUT2D eigenvalue weighted by atomic mass is 19.1. The number of halogens is 1. The fraction of sp³-hybridized carbons (Fsp3) is 0.278. The first-order valence-corrected chi connectivity index (χ1v) is 8.01. The lowest BCUT2D eigenvalue weighted by Gasteiger charge is -2.33. The van der Waals surface area contributed by atoms with Crippen LogP contribution in [-0.2, 0) is 4.74 Å². The molecule has 0 N–H and O–H groups in total. The van der Waals surface area contributed by atoms with Gasteiger partial charge in [0, 0.05) is 18.8 Å². The Kier molecular flexibility index (Phi) is 5.23. The fourth-order valence-corrected chi connectivity index (χ4v) is 2.59. The van der Waals surface area contributed by atoms with Crippen LogP contribution in [0.4, 0.5) is 15.8 Å². The van der Waals surface area contributed by atoms with E-state index < -0.39 is 0 Å². The van der Waals surface area contributed by atoms with Crippen molar-refractivity contribution in [3.05, 3.63) is 59.9 Å². The van der Waals surface area contributed by atoms with Crippen LogP contribution in [0, 0.1) is 5.82 Å². The molecule has 0 aliphatic carbocycles. The number of benzene rings is 2. The lowest BCUT2D eigenvalue weighted by atomic mass is 10.2. The maximum atomic E-state index is 13.0. The van der Waals surface area contributed by atoms with Crippen molar-refractivity contribution in [3.8, 4) is 0 Å². The van der Waals surface area contributed by atoms with Crippen molar-refractivity contribution in [2.75, 3.05) is 38.2 Å². The van der Waals surface area contributed by atoms with Gasteiger partial charge in [0.15, 0.2) is 0 Å². The Morgan fingerprint density at radius 2 is 1.64 bits per heavy atom. The molecule has 0 radical (unpaired) electrons. The molecule has 130 valence electrons. The third-order valence-corrected chi connectivity index (χ3v) is 4.02. The minimum Gasteiger partial charge on any atom is -0.465 e. The zero-order valence-electron chi connectivity index (χ0n) is 13.9. The lowest BCUT2D eigenvalue weighted by molar-refractivity contribution is 0.0601. The van der Waals surface area contributed by atoms with Gasteiger partial charge in [-0.1, -0.05) is 5.22 Å². The predicted octanol–water partition coefficient (Wildman–Crippen LogP) is 3.43. The maximum absolute atomic E-state index is 13.0. The largest absolute Gasteiger partial charge is 0.465 e. The summed E-state index contributed by atoms with van der Waals surface area (Å²) in [5.74, 6) is -0.602. The number of carbonyl (C=O) groups excluding carboxylic acids is 1. The summed E-state index contributed by atoms with van der Waals surface area (Å²) in [6, 6.07) is 13.3. The van der Waals surface area contributed by atoms with Gasteiger partial charge in [-0.15, -0.1) is 5.11 Å². The minimum absolute atomic E-state index is 0.227. The highest BCUT2D eigenvalue weighted by Gasteiger charge is 2.16.